The molecule has 1 fully saturated rings. The molecule has 1 aromatic rings. The van der Waals surface area contributed by atoms with Gasteiger partial charge in [-0.1, -0.05) is 0 Å². The Hall–Kier alpha value is -1.16. The molecule has 0 bridgehead atoms. The molecule has 1 aliphatic rings. The van der Waals surface area contributed by atoms with Crippen molar-refractivity contribution in [3.05, 3.63) is 17.5 Å². The predicted molar refractivity (Wildman–Crippen MR) is 65.2 cm³/mol. The fourth-order valence-electron chi connectivity index (χ4n) is 1.93. The molecular formula is C12H20N4. The standard InChI is InChI=1S/C12H20N4/c1-8-11(6-13)7-14-12(15-8)16(3)9(2)10-4-5-10/h7,9-10H,4-6,13H2,1-3H3. The number of anilines is 1. The van der Waals surface area contributed by atoms with E-state index in [2.05, 4.69) is 28.8 Å². The topological polar surface area (TPSA) is 55.0 Å². The van der Waals surface area contributed by atoms with E-state index in [-0.39, 0.29) is 0 Å². The summed E-state index contributed by atoms with van der Waals surface area (Å²) in [5.74, 6) is 1.64. The molecule has 0 radical (unpaired) electrons. The molecule has 1 saturated carbocycles. The number of nitrogens with two attached hydrogens (primary N) is 1. The van der Waals surface area contributed by atoms with Crippen LogP contribution < -0.4 is 10.6 Å². The monoisotopic (exact) mass is 220 g/mol. The Morgan fingerprint density at radius 2 is 2.25 bits per heavy atom. The molecule has 2 rings (SSSR count). The van der Waals surface area contributed by atoms with Crippen LogP contribution in [-0.2, 0) is 6.54 Å². The summed E-state index contributed by atoms with van der Waals surface area (Å²) < 4.78 is 0. The zero-order valence-corrected chi connectivity index (χ0v) is 10.3. The first kappa shape index (κ1) is 11.3. The third-order valence-corrected chi connectivity index (χ3v) is 3.52. The van der Waals surface area contributed by atoms with Crippen molar-refractivity contribution >= 4 is 5.95 Å². The summed E-state index contributed by atoms with van der Waals surface area (Å²) >= 11 is 0. The first-order chi connectivity index (χ1) is 7.63. The first-order valence-corrected chi connectivity index (χ1v) is 5.89. The van der Waals surface area contributed by atoms with E-state index < -0.39 is 0 Å². The highest BCUT2D eigenvalue weighted by molar-refractivity contribution is 5.33. The fourth-order valence-corrected chi connectivity index (χ4v) is 1.93. The third kappa shape index (κ3) is 2.16. The number of rotatable bonds is 4. The highest BCUT2D eigenvalue weighted by Gasteiger charge is 2.31. The average molecular weight is 220 g/mol. The van der Waals surface area contributed by atoms with Crippen LogP contribution in [-0.4, -0.2) is 23.1 Å². The number of aromatic nitrogens is 2. The molecule has 88 valence electrons. The van der Waals surface area contributed by atoms with Gasteiger partial charge in [0.1, 0.15) is 0 Å². The lowest BCUT2D eigenvalue weighted by molar-refractivity contribution is 0.596. The minimum atomic E-state index is 0.508. The highest BCUT2D eigenvalue weighted by Crippen LogP contribution is 2.35. The second-order valence-electron chi connectivity index (χ2n) is 4.67. The molecule has 2 N–H and O–H groups in total. The molecule has 0 spiro atoms. The Labute approximate surface area is 96.9 Å². The summed E-state index contributed by atoms with van der Waals surface area (Å²) in [5, 5.41) is 0. The Morgan fingerprint density at radius 3 is 2.75 bits per heavy atom. The van der Waals surface area contributed by atoms with Crippen molar-refractivity contribution in [2.75, 3.05) is 11.9 Å². The molecule has 1 atom stereocenters. The van der Waals surface area contributed by atoms with Gasteiger partial charge in [-0.2, -0.15) is 0 Å². The summed E-state index contributed by atoms with van der Waals surface area (Å²) in [6.45, 7) is 4.74. The van der Waals surface area contributed by atoms with E-state index in [9.17, 15) is 0 Å². The molecule has 1 unspecified atom stereocenters. The molecule has 1 aromatic heterocycles. The van der Waals surface area contributed by atoms with Crippen LogP contribution in [0.3, 0.4) is 0 Å². The molecular weight excluding hydrogens is 200 g/mol. The number of nitrogens with zero attached hydrogens (tertiary/aromatic N) is 3. The Kier molecular flexibility index (Phi) is 3.10. The van der Waals surface area contributed by atoms with Gasteiger partial charge in [-0.3, -0.25) is 0 Å². The molecule has 16 heavy (non-hydrogen) atoms. The second kappa shape index (κ2) is 4.37. The van der Waals surface area contributed by atoms with Gasteiger partial charge < -0.3 is 10.6 Å². The minimum Gasteiger partial charge on any atom is -0.341 e. The fraction of sp³-hybridized carbons (Fsp3) is 0.667. The summed E-state index contributed by atoms with van der Waals surface area (Å²) in [7, 11) is 2.07. The lowest BCUT2D eigenvalue weighted by Crippen LogP contribution is -2.32. The van der Waals surface area contributed by atoms with Crippen molar-refractivity contribution in [2.45, 2.75) is 39.3 Å². The van der Waals surface area contributed by atoms with E-state index in [1.807, 2.05) is 13.1 Å². The van der Waals surface area contributed by atoms with Crippen LogP contribution in [0.2, 0.25) is 0 Å². The summed E-state index contributed by atoms with van der Waals surface area (Å²) in [6, 6.07) is 0.531. The van der Waals surface area contributed by atoms with Crippen molar-refractivity contribution in [2.24, 2.45) is 11.7 Å². The Morgan fingerprint density at radius 1 is 1.56 bits per heavy atom. The lowest BCUT2D eigenvalue weighted by atomic mass is 10.2. The summed E-state index contributed by atoms with van der Waals surface area (Å²) in [5.41, 5.74) is 7.61. The van der Waals surface area contributed by atoms with Crippen LogP contribution in [0.25, 0.3) is 0 Å². The van der Waals surface area contributed by atoms with Crippen molar-refractivity contribution < 1.29 is 0 Å². The quantitative estimate of drug-likeness (QED) is 0.835. The molecule has 0 saturated heterocycles. The van der Waals surface area contributed by atoms with Crippen molar-refractivity contribution in [1.29, 1.82) is 0 Å². The maximum atomic E-state index is 5.60. The zero-order valence-electron chi connectivity index (χ0n) is 10.3. The van der Waals surface area contributed by atoms with Gasteiger partial charge in [0.15, 0.2) is 0 Å². The van der Waals surface area contributed by atoms with Gasteiger partial charge >= 0.3 is 0 Å². The summed E-state index contributed by atoms with van der Waals surface area (Å²) in [4.78, 5) is 11.1. The van der Waals surface area contributed by atoms with E-state index in [1.54, 1.807) is 0 Å². The van der Waals surface area contributed by atoms with Crippen LogP contribution in [0.4, 0.5) is 5.95 Å². The van der Waals surface area contributed by atoms with E-state index in [4.69, 9.17) is 5.73 Å². The van der Waals surface area contributed by atoms with Gasteiger partial charge in [-0.15, -0.1) is 0 Å². The van der Waals surface area contributed by atoms with E-state index >= 15 is 0 Å². The minimum absolute atomic E-state index is 0.508. The SMILES string of the molecule is Cc1nc(N(C)C(C)C2CC2)ncc1CN. The van der Waals surface area contributed by atoms with Gasteiger partial charge in [0.05, 0.1) is 0 Å². The first-order valence-electron chi connectivity index (χ1n) is 5.89. The van der Waals surface area contributed by atoms with E-state index in [1.165, 1.54) is 12.8 Å². The van der Waals surface area contributed by atoms with Crippen LogP contribution in [0.15, 0.2) is 6.20 Å². The number of hydrogen-bond donors (Lipinski definition) is 1. The largest absolute Gasteiger partial charge is 0.341 e. The van der Waals surface area contributed by atoms with E-state index in [0.717, 1.165) is 23.1 Å². The highest BCUT2D eigenvalue weighted by atomic mass is 15.3. The number of hydrogen-bond acceptors (Lipinski definition) is 4. The Bertz CT molecular complexity index is 373. The molecule has 0 aromatic carbocycles. The van der Waals surface area contributed by atoms with Crippen LogP contribution in [0.5, 0.6) is 0 Å². The Balaban J connectivity index is 2.16. The van der Waals surface area contributed by atoms with Crippen LogP contribution >= 0.6 is 0 Å². The zero-order chi connectivity index (χ0) is 11.7. The molecule has 0 aliphatic heterocycles. The molecule has 1 heterocycles. The smallest absolute Gasteiger partial charge is 0.225 e. The van der Waals surface area contributed by atoms with Crippen molar-refractivity contribution in [3.8, 4) is 0 Å². The molecule has 0 amide bonds. The van der Waals surface area contributed by atoms with Gasteiger partial charge in [0.2, 0.25) is 5.95 Å². The number of aryl methyl sites for hydroxylation is 1. The van der Waals surface area contributed by atoms with Gasteiger partial charge in [0, 0.05) is 37.1 Å². The molecule has 4 heteroatoms. The lowest BCUT2D eigenvalue weighted by Gasteiger charge is -2.25. The van der Waals surface area contributed by atoms with Crippen LogP contribution in [0.1, 0.15) is 31.0 Å². The second-order valence-corrected chi connectivity index (χ2v) is 4.67. The maximum absolute atomic E-state index is 5.60. The maximum Gasteiger partial charge on any atom is 0.225 e. The summed E-state index contributed by atoms with van der Waals surface area (Å²) in [6.07, 6.45) is 4.52. The predicted octanol–water partition coefficient (Wildman–Crippen LogP) is 1.48. The van der Waals surface area contributed by atoms with Crippen molar-refractivity contribution in [3.63, 3.8) is 0 Å². The van der Waals surface area contributed by atoms with E-state index in [0.29, 0.717) is 12.6 Å². The van der Waals surface area contributed by atoms with Crippen LogP contribution in [0, 0.1) is 12.8 Å². The van der Waals surface area contributed by atoms with Gasteiger partial charge in [-0.25, -0.2) is 9.97 Å². The van der Waals surface area contributed by atoms with Crippen molar-refractivity contribution in [1.82, 2.24) is 9.97 Å². The normalized spacial score (nSPS) is 17.2. The average Bonchev–Trinajstić information content (AvgIpc) is 3.11. The van der Waals surface area contributed by atoms with Gasteiger partial charge in [0.25, 0.3) is 0 Å². The molecule has 4 nitrogen and oxygen atoms in total. The third-order valence-electron chi connectivity index (χ3n) is 3.52. The molecule has 1 aliphatic carbocycles. The van der Waals surface area contributed by atoms with Gasteiger partial charge in [-0.05, 0) is 32.6 Å².